The zero-order valence-electron chi connectivity index (χ0n) is 8.95. The van der Waals surface area contributed by atoms with E-state index in [1.54, 1.807) is 18.3 Å². The van der Waals surface area contributed by atoms with Crippen LogP contribution in [0, 0.1) is 9.39 Å². The van der Waals surface area contributed by atoms with Gasteiger partial charge in [0.1, 0.15) is 11.6 Å². The van der Waals surface area contributed by atoms with E-state index in [0.29, 0.717) is 19.4 Å². The third kappa shape index (κ3) is 3.05. The number of anilines is 1. The number of halogens is 3. The van der Waals surface area contributed by atoms with Crippen LogP contribution in [0.4, 0.5) is 10.2 Å². The molecule has 0 fully saturated rings. The van der Waals surface area contributed by atoms with Crippen LogP contribution in [-0.4, -0.2) is 10.9 Å². The first kappa shape index (κ1) is 13.4. The van der Waals surface area contributed by atoms with E-state index < -0.39 is 0 Å². The van der Waals surface area contributed by atoms with Gasteiger partial charge in [0, 0.05) is 9.77 Å². The fourth-order valence-corrected chi connectivity index (χ4v) is 2.40. The fourth-order valence-electron chi connectivity index (χ4n) is 1.33. The van der Waals surface area contributed by atoms with E-state index in [9.17, 15) is 9.18 Å². The zero-order chi connectivity index (χ0) is 13.1. The summed E-state index contributed by atoms with van der Waals surface area (Å²) in [6, 6.07) is 7.54. The third-order valence-electron chi connectivity index (χ3n) is 2.17. The second-order valence-corrected chi connectivity index (χ2v) is 5.43. The molecule has 0 spiro atoms. The Hall–Kier alpha value is -1.02. The molecule has 0 radical (unpaired) electrons. The minimum Gasteiger partial charge on any atom is -0.306 e. The number of rotatable bonds is 2. The highest BCUT2D eigenvalue weighted by molar-refractivity contribution is 14.1. The molecule has 2 rings (SSSR count). The van der Waals surface area contributed by atoms with E-state index in [0.717, 1.165) is 0 Å². The topological polar surface area (TPSA) is 42.0 Å². The smallest absolute Gasteiger partial charge is 0.257 e. The van der Waals surface area contributed by atoms with Crippen LogP contribution in [-0.2, 0) is 0 Å². The Balaban J connectivity index is 2.25. The maximum atomic E-state index is 12.9. The number of hydrogen-bond donors (Lipinski definition) is 1. The van der Waals surface area contributed by atoms with Gasteiger partial charge in [0.15, 0.2) is 0 Å². The van der Waals surface area contributed by atoms with Crippen molar-refractivity contribution in [2.24, 2.45) is 0 Å². The van der Waals surface area contributed by atoms with Crippen LogP contribution in [0.2, 0.25) is 0 Å². The largest absolute Gasteiger partial charge is 0.306 e. The van der Waals surface area contributed by atoms with E-state index in [4.69, 9.17) is 0 Å². The van der Waals surface area contributed by atoms with Gasteiger partial charge >= 0.3 is 0 Å². The molecule has 3 nitrogen and oxygen atoms in total. The molecule has 0 saturated carbocycles. The van der Waals surface area contributed by atoms with Crippen molar-refractivity contribution < 1.29 is 9.18 Å². The maximum absolute atomic E-state index is 12.9. The molecule has 1 heterocycles. The summed E-state index contributed by atoms with van der Waals surface area (Å²) in [6.45, 7) is 0. The molecule has 0 aliphatic carbocycles. The molecule has 18 heavy (non-hydrogen) atoms. The molecule has 1 aromatic carbocycles. The lowest BCUT2D eigenvalue weighted by atomic mass is 10.2. The Morgan fingerprint density at radius 3 is 2.83 bits per heavy atom. The van der Waals surface area contributed by atoms with Gasteiger partial charge in [-0.3, -0.25) is 4.79 Å². The second-order valence-electron chi connectivity index (χ2n) is 3.41. The summed E-state index contributed by atoms with van der Waals surface area (Å²) in [5.74, 6) is -0.253. The van der Waals surface area contributed by atoms with Gasteiger partial charge in [0.2, 0.25) is 0 Å². The number of carbonyl (C=O) groups is 1. The molecule has 2 aromatic rings. The van der Waals surface area contributed by atoms with Crippen molar-refractivity contribution in [2.45, 2.75) is 0 Å². The molecule has 0 atom stereocenters. The van der Waals surface area contributed by atoms with E-state index in [2.05, 4.69) is 26.2 Å². The van der Waals surface area contributed by atoms with E-state index in [1.807, 2.05) is 22.6 Å². The molecule has 0 bridgehead atoms. The summed E-state index contributed by atoms with van der Waals surface area (Å²) in [6.07, 6.45) is 1.58. The van der Waals surface area contributed by atoms with Gasteiger partial charge in [-0.25, -0.2) is 9.37 Å². The quantitative estimate of drug-likeness (QED) is 0.750. The minimum atomic E-state index is -0.366. The number of amides is 1. The molecule has 0 aliphatic rings. The van der Waals surface area contributed by atoms with Gasteiger partial charge in [-0.05, 0) is 68.9 Å². The van der Waals surface area contributed by atoms with Crippen molar-refractivity contribution in [3.05, 3.63) is 56.0 Å². The van der Waals surface area contributed by atoms with E-state index in [-0.39, 0.29) is 11.7 Å². The highest BCUT2D eigenvalue weighted by Gasteiger charge is 2.12. The number of carbonyl (C=O) groups excluding carboxylic acids is 1. The molecular weight excluding hydrogens is 414 g/mol. The van der Waals surface area contributed by atoms with E-state index in [1.165, 1.54) is 18.2 Å². The fraction of sp³-hybridized carbons (Fsp3) is 0. The number of benzene rings is 1. The Morgan fingerprint density at radius 1 is 1.39 bits per heavy atom. The van der Waals surface area contributed by atoms with Crippen molar-refractivity contribution in [1.29, 1.82) is 0 Å². The summed E-state index contributed by atoms with van der Waals surface area (Å²) in [5, 5.41) is 2.66. The lowest BCUT2D eigenvalue weighted by molar-refractivity contribution is 0.102. The maximum Gasteiger partial charge on any atom is 0.257 e. The van der Waals surface area contributed by atoms with Gasteiger partial charge in [-0.1, -0.05) is 0 Å². The summed E-state index contributed by atoms with van der Waals surface area (Å²) in [7, 11) is 0. The van der Waals surface area contributed by atoms with Crippen molar-refractivity contribution >= 4 is 50.2 Å². The molecule has 0 aliphatic heterocycles. The molecule has 0 unspecified atom stereocenters. The number of nitrogens with one attached hydrogen (secondary N) is 1. The first-order valence-corrected chi connectivity index (χ1v) is 6.82. The average Bonchev–Trinajstić information content (AvgIpc) is 2.32. The summed E-state index contributed by atoms with van der Waals surface area (Å²) in [5.41, 5.74) is 0.412. The van der Waals surface area contributed by atoms with Crippen LogP contribution in [0.3, 0.4) is 0 Å². The first-order chi connectivity index (χ1) is 8.58. The van der Waals surface area contributed by atoms with Gasteiger partial charge < -0.3 is 5.32 Å². The van der Waals surface area contributed by atoms with Crippen LogP contribution in [0.15, 0.2) is 41.0 Å². The number of nitrogens with zero attached hydrogens (tertiary/aromatic N) is 1. The average molecular weight is 421 g/mol. The summed E-state index contributed by atoms with van der Waals surface area (Å²) < 4.78 is 14.2. The molecule has 1 aromatic heterocycles. The van der Waals surface area contributed by atoms with Crippen LogP contribution in [0.1, 0.15) is 10.4 Å². The monoisotopic (exact) mass is 420 g/mol. The van der Waals surface area contributed by atoms with Crippen molar-refractivity contribution in [3.8, 4) is 0 Å². The summed E-state index contributed by atoms with van der Waals surface area (Å²) >= 11 is 5.21. The molecule has 1 N–H and O–H groups in total. The van der Waals surface area contributed by atoms with Gasteiger partial charge in [-0.2, -0.15) is 0 Å². The number of hydrogen-bond acceptors (Lipinski definition) is 2. The lowest BCUT2D eigenvalue weighted by Crippen LogP contribution is -2.14. The van der Waals surface area contributed by atoms with Crippen LogP contribution in [0.25, 0.3) is 0 Å². The standard InChI is InChI=1S/C12H7BrFIN2O/c13-9-2-1-5-16-11(9)17-12(18)8-4-3-7(14)6-10(8)15/h1-6H,(H,16,17,18). The van der Waals surface area contributed by atoms with Crippen molar-refractivity contribution in [2.75, 3.05) is 5.32 Å². The summed E-state index contributed by atoms with van der Waals surface area (Å²) in [4.78, 5) is 16.0. The molecular formula is C12H7BrFIN2O. The highest BCUT2D eigenvalue weighted by Crippen LogP contribution is 2.20. The SMILES string of the molecule is O=C(Nc1ncccc1Br)c1ccc(F)cc1I. The predicted octanol–water partition coefficient (Wildman–Crippen LogP) is 3.84. The molecule has 1 amide bonds. The van der Waals surface area contributed by atoms with Crippen LogP contribution < -0.4 is 5.32 Å². The highest BCUT2D eigenvalue weighted by atomic mass is 127. The van der Waals surface area contributed by atoms with Crippen molar-refractivity contribution in [1.82, 2.24) is 4.98 Å². The molecule has 6 heteroatoms. The normalized spacial score (nSPS) is 10.2. The van der Waals surface area contributed by atoms with Crippen LogP contribution in [0.5, 0.6) is 0 Å². The van der Waals surface area contributed by atoms with Gasteiger partial charge in [-0.15, -0.1) is 0 Å². The Morgan fingerprint density at radius 2 is 2.17 bits per heavy atom. The Bertz CT molecular complexity index is 606. The Kier molecular flexibility index (Phi) is 4.28. The van der Waals surface area contributed by atoms with Crippen molar-refractivity contribution in [3.63, 3.8) is 0 Å². The molecule has 0 saturated heterocycles. The molecule has 92 valence electrons. The lowest BCUT2D eigenvalue weighted by Gasteiger charge is -2.07. The minimum absolute atomic E-state index is 0.321. The third-order valence-corrected chi connectivity index (χ3v) is 3.70. The predicted molar refractivity (Wildman–Crippen MR) is 79.0 cm³/mol. The number of pyridine rings is 1. The Labute approximate surface area is 125 Å². The van der Waals surface area contributed by atoms with Crippen LogP contribution >= 0.6 is 38.5 Å². The zero-order valence-corrected chi connectivity index (χ0v) is 12.7. The first-order valence-electron chi connectivity index (χ1n) is 4.95. The van der Waals surface area contributed by atoms with E-state index >= 15 is 0 Å². The van der Waals surface area contributed by atoms with Gasteiger partial charge in [0.05, 0.1) is 10.0 Å². The van der Waals surface area contributed by atoms with Gasteiger partial charge in [0.25, 0.3) is 5.91 Å². The number of aromatic nitrogens is 1. The second kappa shape index (κ2) is 5.75.